The molecule has 0 aromatic heterocycles. The fourth-order valence-electron chi connectivity index (χ4n) is 2.16. The van der Waals surface area contributed by atoms with Gasteiger partial charge in [-0.25, -0.2) is 0 Å². The van der Waals surface area contributed by atoms with E-state index in [0.717, 1.165) is 0 Å². The van der Waals surface area contributed by atoms with Crippen LogP contribution in [0.1, 0.15) is 19.8 Å². The minimum absolute atomic E-state index is 0.0750. The van der Waals surface area contributed by atoms with Crippen LogP contribution in [0.5, 0.6) is 5.75 Å². The molecule has 1 N–H and O–H groups in total. The third kappa shape index (κ3) is 4.16. The van der Waals surface area contributed by atoms with Gasteiger partial charge in [0.1, 0.15) is 5.75 Å². The third-order valence-corrected chi connectivity index (χ3v) is 3.58. The van der Waals surface area contributed by atoms with Crippen LogP contribution in [0.25, 0.3) is 0 Å². The van der Waals surface area contributed by atoms with Gasteiger partial charge >= 0.3 is 0 Å². The van der Waals surface area contributed by atoms with Crippen molar-refractivity contribution >= 4 is 11.6 Å². The molecule has 1 amide bonds. The topological polar surface area (TPSA) is 92.9 Å². The molecule has 0 spiro atoms. The van der Waals surface area contributed by atoms with Gasteiger partial charge in [-0.3, -0.25) is 14.9 Å². The number of nitro benzene ring substituents is 1. The second-order valence-corrected chi connectivity index (χ2v) is 5.42. The average molecular weight is 294 g/mol. The summed E-state index contributed by atoms with van der Waals surface area (Å²) in [5, 5.41) is 20.5. The van der Waals surface area contributed by atoms with E-state index in [1.165, 1.54) is 18.2 Å². The van der Waals surface area contributed by atoms with Crippen LogP contribution in [-0.4, -0.2) is 46.1 Å². The van der Waals surface area contributed by atoms with E-state index in [-0.39, 0.29) is 18.2 Å². The molecule has 1 aliphatic heterocycles. The standard InChI is InChI=1S/C14H18N2O5/c1-14(18)5-7-15(8-6-14)13(17)10-21-12-4-2-3-11(9-12)16(19)20/h2-4,9,18H,5-8,10H2,1H3. The average Bonchev–Trinajstić information content (AvgIpc) is 2.45. The van der Waals surface area contributed by atoms with E-state index in [1.54, 1.807) is 17.9 Å². The number of aliphatic hydroxyl groups is 1. The van der Waals surface area contributed by atoms with Gasteiger partial charge in [-0.1, -0.05) is 6.07 Å². The van der Waals surface area contributed by atoms with Crippen LogP contribution in [0.4, 0.5) is 5.69 Å². The number of rotatable bonds is 4. The van der Waals surface area contributed by atoms with Crippen LogP contribution in [0, 0.1) is 10.1 Å². The van der Waals surface area contributed by atoms with Crippen molar-refractivity contribution in [3.63, 3.8) is 0 Å². The summed E-state index contributed by atoms with van der Waals surface area (Å²) in [6.45, 7) is 2.58. The van der Waals surface area contributed by atoms with Crippen LogP contribution in [-0.2, 0) is 4.79 Å². The molecule has 0 radical (unpaired) electrons. The third-order valence-electron chi connectivity index (χ3n) is 3.58. The second-order valence-electron chi connectivity index (χ2n) is 5.42. The van der Waals surface area contributed by atoms with Gasteiger partial charge in [0.25, 0.3) is 11.6 Å². The SMILES string of the molecule is CC1(O)CCN(C(=O)COc2cccc([N+](=O)[O-])c2)CC1. The maximum atomic E-state index is 12.0. The van der Waals surface area contributed by atoms with Crippen molar-refractivity contribution in [3.8, 4) is 5.75 Å². The Hall–Kier alpha value is -2.15. The zero-order valence-corrected chi connectivity index (χ0v) is 11.8. The van der Waals surface area contributed by atoms with E-state index in [2.05, 4.69) is 0 Å². The van der Waals surface area contributed by atoms with Crippen molar-refractivity contribution in [1.82, 2.24) is 4.90 Å². The van der Waals surface area contributed by atoms with Gasteiger partial charge in [-0.15, -0.1) is 0 Å². The van der Waals surface area contributed by atoms with Crippen molar-refractivity contribution in [3.05, 3.63) is 34.4 Å². The van der Waals surface area contributed by atoms with E-state index in [1.807, 2.05) is 0 Å². The Kier molecular flexibility index (Phi) is 4.42. The molecular formula is C14H18N2O5. The Labute approximate surface area is 122 Å². The Morgan fingerprint density at radius 3 is 2.76 bits per heavy atom. The van der Waals surface area contributed by atoms with E-state index in [4.69, 9.17) is 4.74 Å². The Bertz CT molecular complexity index is 534. The van der Waals surface area contributed by atoms with Crippen molar-refractivity contribution < 1.29 is 19.6 Å². The quantitative estimate of drug-likeness (QED) is 0.668. The first kappa shape index (κ1) is 15.2. The molecule has 7 heteroatoms. The van der Waals surface area contributed by atoms with Crippen LogP contribution in [0.15, 0.2) is 24.3 Å². The van der Waals surface area contributed by atoms with Gasteiger partial charge in [0.2, 0.25) is 0 Å². The molecule has 1 fully saturated rings. The Balaban J connectivity index is 1.87. The molecule has 1 aromatic rings. The number of benzene rings is 1. The molecule has 0 unspecified atom stereocenters. The number of likely N-dealkylation sites (tertiary alicyclic amines) is 1. The van der Waals surface area contributed by atoms with E-state index < -0.39 is 10.5 Å². The summed E-state index contributed by atoms with van der Waals surface area (Å²) in [5.74, 6) is 0.110. The zero-order valence-electron chi connectivity index (χ0n) is 11.8. The van der Waals surface area contributed by atoms with Crippen molar-refractivity contribution in [2.45, 2.75) is 25.4 Å². The molecule has 114 valence electrons. The first-order valence-corrected chi connectivity index (χ1v) is 6.75. The zero-order chi connectivity index (χ0) is 15.5. The van der Waals surface area contributed by atoms with Gasteiger partial charge < -0.3 is 14.7 Å². The minimum Gasteiger partial charge on any atom is -0.484 e. The number of carbonyl (C=O) groups excluding carboxylic acids is 1. The number of nitro groups is 1. The van der Waals surface area contributed by atoms with Crippen molar-refractivity contribution in [2.24, 2.45) is 0 Å². The first-order valence-electron chi connectivity index (χ1n) is 6.75. The van der Waals surface area contributed by atoms with Crippen LogP contribution in [0.2, 0.25) is 0 Å². The summed E-state index contributed by atoms with van der Waals surface area (Å²) in [7, 11) is 0. The van der Waals surface area contributed by atoms with E-state index in [9.17, 15) is 20.0 Å². The molecule has 0 atom stereocenters. The number of carbonyl (C=O) groups is 1. The number of piperidine rings is 1. The number of amides is 1. The van der Waals surface area contributed by atoms with E-state index in [0.29, 0.717) is 31.7 Å². The summed E-state index contributed by atoms with van der Waals surface area (Å²) in [6.07, 6.45) is 1.07. The first-order chi connectivity index (χ1) is 9.87. The van der Waals surface area contributed by atoms with Gasteiger partial charge in [0.05, 0.1) is 16.6 Å². The highest BCUT2D eigenvalue weighted by Gasteiger charge is 2.29. The molecule has 21 heavy (non-hydrogen) atoms. The maximum Gasteiger partial charge on any atom is 0.273 e. The number of hydrogen-bond acceptors (Lipinski definition) is 5. The number of non-ortho nitro benzene ring substituents is 1. The largest absolute Gasteiger partial charge is 0.484 e. The minimum atomic E-state index is -0.711. The monoisotopic (exact) mass is 294 g/mol. The lowest BCUT2D eigenvalue weighted by Gasteiger charge is -2.35. The molecule has 2 rings (SSSR count). The van der Waals surface area contributed by atoms with Gasteiger partial charge in [0.15, 0.2) is 6.61 Å². The highest BCUT2D eigenvalue weighted by Crippen LogP contribution is 2.22. The lowest BCUT2D eigenvalue weighted by molar-refractivity contribution is -0.384. The van der Waals surface area contributed by atoms with Gasteiger partial charge in [-0.2, -0.15) is 0 Å². The Morgan fingerprint density at radius 2 is 2.14 bits per heavy atom. The molecule has 7 nitrogen and oxygen atoms in total. The predicted octanol–water partition coefficient (Wildman–Crippen LogP) is 1.35. The summed E-state index contributed by atoms with van der Waals surface area (Å²) >= 11 is 0. The fourth-order valence-corrected chi connectivity index (χ4v) is 2.16. The summed E-state index contributed by atoms with van der Waals surface area (Å²) < 4.78 is 5.31. The second kappa shape index (κ2) is 6.09. The highest BCUT2D eigenvalue weighted by molar-refractivity contribution is 5.77. The number of nitrogens with zero attached hydrogens (tertiary/aromatic N) is 2. The summed E-state index contributed by atoms with van der Waals surface area (Å²) in [5.41, 5.74) is -0.786. The summed E-state index contributed by atoms with van der Waals surface area (Å²) in [4.78, 5) is 23.8. The Morgan fingerprint density at radius 1 is 1.48 bits per heavy atom. The highest BCUT2D eigenvalue weighted by atomic mass is 16.6. The maximum absolute atomic E-state index is 12.0. The predicted molar refractivity (Wildman–Crippen MR) is 75.0 cm³/mol. The molecule has 1 saturated heterocycles. The molecule has 1 aromatic carbocycles. The fraction of sp³-hybridized carbons (Fsp3) is 0.500. The molecule has 1 heterocycles. The smallest absolute Gasteiger partial charge is 0.273 e. The number of hydrogen-bond donors (Lipinski definition) is 1. The number of ether oxygens (including phenoxy) is 1. The summed E-state index contributed by atoms with van der Waals surface area (Å²) in [6, 6.07) is 5.73. The van der Waals surface area contributed by atoms with Crippen molar-refractivity contribution in [1.29, 1.82) is 0 Å². The molecular weight excluding hydrogens is 276 g/mol. The molecule has 0 bridgehead atoms. The molecule has 0 saturated carbocycles. The van der Waals surface area contributed by atoms with Crippen LogP contribution >= 0.6 is 0 Å². The van der Waals surface area contributed by atoms with Crippen molar-refractivity contribution in [2.75, 3.05) is 19.7 Å². The van der Waals surface area contributed by atoms with Crippen LogP contribution < -0.4 is 4.74 Å². The molecule has 0 aliphatic carbocycles. The van der Waals surface area contributed by atoms with E-state index >= 15 is 0 Å². The lowest BCUT2D eigenvalue weighted by Crippen LogP contribution is -2.46. The van der Waals surface area contributed by atoms with Gasteiger partial charge in [0, 0.05) is 19.2 Å². The normalized spacial score (nSPS) is 17.3. The molecule has 1 aliphatic rings. The van der Waals surface area contributed by atoms with Crippen LogP contribution in [0.3, 0.4) is 0 Å². The lowest BCUT2D eigenvalue weighted by atomic mass is 9.94. The van der Waals surface area contributed by atoms with Gasteiger partial charge in [-0.05, 0) is 25.8 Å².